The lowest BCUT2D eigenvalue weighted by atomic mass is 10.1. The number of esters is 1. The number of carbonyl (C=O) groups excluding carboxylic acids is 2. The molecule has 0 saturated carbocycles. The van der Waals surface area contributed by atoms with E-state index in [-0.39, 0.29) is 35.6 Å². The first-order chi connectivity index (χ1) is 15.6. The van der Waals surface area contributed by atoms with E-state index in [9.17, 15) is 27.2 Å². The second-order valence-electron chi connectivity index (χ2n) is 6.66. The van der Waals surface area contributed by atoms with Crippen molar-refractivity contribution >= 4 is 23.0 Å². The summed E-state index contributed by atoms with van der Waals surface area (Å²) in [6, 6.07) is 5.78. The van der Waals surface area contributed by atoms with Gasteiger partial charge in [-0.1, -0.05) is 6.07 Å². The van der Waals surface area contributed by atoms with Gasteiger partial charge in [0.05, 0.1) is 6.61 Å². The molecule has 2 aromatic carbocycles. The molecule has 1 aromatic heterocycles. The first kappa shape index (κ1) is 22.1. The van der Waals surface area contributed by atoms with Crippen LogP contribution in [0.1, 0.15) is 18.3 Å². The fourth-order valence-corrected chi connectivity index (χ4v) is 3.16. The zero-order valence-electron chi connectivity index (χ0n) is 16.8. The Balaban J connectivity index is 1.81. The van der Waals surface area contributed by atoms with Crippen LogP contribution >= 0.6 is 0 Å². The van der Waals surface area contributed by atoms with E-state index in [1.54, 1.807) is 6.92 Å². The monoisotopic (exact) mass is 466 g/mol. The van der Waals surface area contributed by atoms with Gasteiger partial charge in [0.1, 0.15) is 22.5 Å². The number of hydrogen-bond donors (Lipinski definition) is 0. The van der Waals surface area contributed by atoms with Crippen molar-refractivity contribution in [2.75, 3.05) is 6.61 Å². The third-order valence-electron chi connectivity index (χ3n) is 4.42. The number of alkyl halides is 3. The maximum atomic E-state index is 14.3. The molecule has 8 nitrogen and oxygen atoms in total. The van der Waals surface area contributed by atoms with Crippen LogP contribution in [0.4, 0.5) is 17.6 Å². The van der Waals surface area contributed by atoms with Crippen LogP contribution in [-0.2, 0) is 16.0 Å². The van der Waals surface area contributed by atoms with Crippen molar-refractivity contribution in [2.45, 2.75) is 19.7 Å². The van der Waals surface area contributed by atoms with Crippen molar-refractivity contribution in [1.29, 1.82) is 0 Å². The van der Waals surface area contributed by atoms with E-state index >= 15 is 0 Å². The molecule has 0 radical (unpaired) electrons. The predicted octanol–water partition coefficient (Wildman–Crippen LogP) is 3.49. The molecule has 0 unspecified atom stereocenters. The van der Waals surface area contributed by atoms with Gasteiger partial charge in [-0.3, -0.25) is 0 Å². The molecule has 1 aliphatic rings. The Hall–Kier alpha value is -4.09. The molecule has 0 fully saturated rings. The van der Waals surface area contributed by atoms with E-state index < -0.39 is 35.6 Å². The number of imidazole rings is 1. The molecule has 33 heavy (non-hydrogen) atoms. The summed E-state index contributed by atoms with van der Waals surface area (Å²) in [4.78, 5) is 33.5. The Labute approximate surface area is 182 Å². The second kappa shape index (κ2) is 8.45. The van der Waals surface area contributed by atoms with Gasteiger partial charge in [0.25, 0.3) is 0 Å². The second-order valence-corrected chi connectivity index (χ2v) is 6.66. The fraction of sp³-hybridized carbons (Fsp3) is 0.190. The Morgan fingerprint density at radius 2 is 1.85 bits per heavy atom. The predicted molar refractivity (Wildman–Crippen MR) is 103 cm³/mol. The van der Waals surface area contributed by atoms with Crippen LogP contribution in [-0.4, -0.2) is 34.6 Å². The summed E-state index contributed by atoms with van der Waals surface area (Å²) in [6.07, 6.45) is -3.40. The lowest BCUT2D eigenvalue weighted by Crippen LogP contribution is -2.21. The molecule has 4 rings (SSSR count). The molecule has 3 aromatic rings. The molecule has 12 heteroatoms. The average molecular weight is 466 g/mol. The highest BCUT2D eigenvalue weighted by Crippen LogP contribution is 2.33. The molecular weight excluding hydrogens is 452 g/mol. The molecule has 0 amide bonds. The largest absolute Gasteiger partial charge is 0.573 e. The van der Waals surface area contributed by atoms with Gasteiger partial charge in [0.2, 0.25) is 0 Å². The highest BCUT2D eigenvalue weighted by Gasteiger charge is 2.31. The maximum Gasteiger partial charge on any atom is 0.573 e. The summed E-state index contributed by atoms with van der Waals surface area (Å²) in [5, 5.41) is 0. The minimum absolute atomic E-state index is 0.0713. The topological polar surface area (TPSA) is 88.9 Å². The molecule has 0 N–H and O–H groups in total. The van der Waals surface area contributed by atoms with Gasteiger partial charge in [-0.05, 0) is 25.1 Å². The van der Waals surface area contributed by atoms with Crippen molar-refractivity contribution in [3.05, 3.63) is 59.7 Å². The number of halogens is 4. The van der Waals surface area contributed by atoms with Crippen molar-refractivity contribution in [3.63, 3.8) is 0 Å². The Morgan fingerprint density at radius 1 is 1.09 bits per heavy atom. The smallest absolute Gasteiger partial charge is 0.493 e. The van der Waals surface area contributed by atoms with Crippen LogP contribution in [0.3, 0.4) is 0 Å². The molecule has 0 saturated heterocycles. The summed E-state index contributed by atoms with van der Waals surface area (Å²) in [5.41, 5.74) is 0.424. The van der Waals surface area contributed by atoms with Crippen LogP contribution in [0, 0.1) is 5.82 Å². The highest BCUT2D eigenvalue weighted by molar-refractivity contribution is 5.95. The molecule has 4 bridgehead atoms. The Morgan fingerprint density at radius 3 is 2.58 bits per heavy atom. The van der Waals surface area contributed by atoms with E-state index in [4.69, 9.17) is 14.3 Å². The molecule has 2 heterocycles. The number of hydrogen-bond acceptors (Lipinski definition) is 7. The standard InChI is InChI=1S/C21H14F4N2O6/c1-2-30-15-10-12(32-21(23,24)25)4-3-11(15)9-16-26-19-14-6-5-13(22)20(19)31-17(28)7-8-18(29)33-27(14)16/h3-8,10H,2,9H2,1H3/b8-7-. The molecular formula is C21H14F4N2O6. The number of rotatable bonds is 5. The summed E-state index contributed by atoms with van der Waals surface area (Å²) < 4.78 is 67.4. The van der Waals surface area contributed by atoms with Crippen LogP contribution in [0.5, 0.6) is 17.2 Å². The van der Waals surface area contributed by atoms with Gasteiger partial charge in [-0.25, -0.2) is 19.0 Å². The molecule has 0 atom stereocenters. The van der Waals surface area contributed by atoms with E-state index in [1.165, 1.54) is 12.1 Å². The van der Waals surface area contributed by atoms with Gasteiger partial charge in [-0.2, -0.15) is 4.73 Å². The fourth-order valence-electron chi connectivity index (χ4n) is 3.16. The van der Waals surface area contributed by atoms with Gasteiger partial charge in [0.15, 0.2) is 17.4 Å². The zero-order chi connectivity index (χ0) is 23.8. The van der Waals surface area contributed by atoms with E-state index in [0.717, 1.165) is 35.1 Å². The molecule has 172 valence electrons. The van der Waals surface area contributed by atoms with Crippen molar-refractivity contribution in [1.82, 2.24) is 9.71 Å². The highest BCUT2D eigenvalue weighted by atomic mass is 19.4. The minimum atomic E-state index is -4.88. The van der Waals surface area contributed by atoms with Gasteiger partial charge in [0, 0.05) is 30.2 Å². The number of nitrogens with zero attached hydrogens (tertiary/aromatic N) is 2. The van der Waals surface area contributed by atoms with E-state index in [2.05, 4.69) is 9.72 Å². The quantitative estimate of drug-likeness (QED) is 0.323. The maximum absolute atomic E-state index is 14.3. The van der Waals surface area contributed by atoms with Crippen LogP contribution in [0.2, 0.25) is 0 Å². The summed E-state index contributed by atoms with van der Waals surface area (Å²) in [6.45, 7) is 1.79. The summed E-state index contributed by atoms with van der Waals surface area (Å²) in [7, 11) is 0. The molecule has 1 aliphatic heterocycles. The van der Waals surface area contributed by atoms with Crippen LogP contribution < -0.4 is 19.0 Å². The first-order valence-electron chi connectivity index (χ1n) is 9.48. The number of aromatic nitrogens is 2. The Bertz CT molecular complexity index is 1280. The average Bonchev–Trinajstić information content (AvgIpc) is 3.05. The SMILES string of the molecule is CCOc1cc(OC(F)(F)F)ccc1Cc1nc2c3c(F)ccc2n1OC(=O)/C=C\C(=O)O3. The van der Waals surface area contributed by atoms with Crippen molar-refractivity contribution < 1.29 is 46.2 Å². The lowest BCUT2D eigenvalue weighted by molar-refractivity contribution is -0.274. The van der Waals surface area contributed by atoms with Crippen molar-refractivity contribution in [3.8, 4) is 17.2 Å². The summed E-state index contributed by atoms with van der Waals surface area (Å²) in [5.74, 6) is -3.60. The van der Waals surface area contributed by atoms with Crippen LogP contribution in [0.25, 0.3) is 11.0 Å². The minimum Gasteiger partial charge on any atom is -0.493 e. The third kappa shape index (κ3) is 4.73. The summed E-state index contributed by atoms with van der Waals surface area (Å²) >= 11 is 0. The third-order valence-corrected chi connectivity index (χ3v) is 4.42. The molecule has 0 spiro atoms. The van der Waals surface area contributed by atoms with E-state index in [1.807, 2.05) is 0 Å². The zero-order valence-corrected chi connectivity index (χ0v) is 16.8. The Kier molecular flexibility index (Phi) is 5.66. The van der Waals surface area contributed by atoms with Gasteiger partial charge < -0.3 is 19.0 Å². The van der Waals surface area contributed by atoms with E-state index in [0.29, 0.717) is 5.56 Å². The number of benzene rings is 2. The van der Waals surface area contributed by atoms with Gasteiger partial charge in [-0.15, -0.1) is 13.2 Å². The first-order valence-corrected chi connectivity index (χ1v) is 9.48. The van der Waals surface area contributed by atoms with Crippen LogP contribution in [0.15, 0.2) is 42.5 Å². The van der Waals surface area contributed by atoms with Gasteiger partial charge >= 0.3 is 18.3 Å². The normalized spacial score (nSPS) is 14.7. The lowest BCUT2D eigenvalue weighted by Gasteiger charge is -2.14. The molecule has 0 aliphatic carbocycles. The van der Waals surface area contributed by atoms with Crippen molar-refractivity contribution in [2.24, 2.45) is 0 Å². The number of carbonyl (C=O) groups is 2. The number of ether oxygens (including phenoxy) is 3.